The van der Waals surface area contributed by atoms with Gasteiger partial charge in [0.15, 0.2) is 0 Å². The summed E-state index contributed by atoms with van der Waals surface area (Å²) in [5, 5.41) is 16.0. The summed E-state index contributed by atoms with van der Waals surface area (Å²) in [5.41, 5.74) is 1.52. The molecular weight excluding hydrogens is 198 g/mol. The van der Waals surface area contributed by atoms with Gasteiger partial charge in [0.1, 0.15) is 11.4 Å². The summed E-state index contributed by atoms with van der Waals surface area (Å²) in [6, 6.07) is 0. The van der Waals surface area contributed by atoms with E-state index in [9.17, 15) is 4.79 Å². The van der Waals surface area contributed by atoms with Crippen molar-refractivity contribution in [2.24, 2.45) is 0 Å². The molecule has 0 radical (unpaired) electrons. The van der Waals surface area contributed by atoms with Gasteiger partial charge >= 0.3 is 5.97 Å². The first-order chi connectivity index (χ1) is 7.13. The molecule has 1 aromatic heterocycles. The Morgan fingerprint density at radius 1 is 1.53 bits per heavy atom. The molecule has 0 aliphatic heterocycles. The Hall–Kier alpha value is -1.43. The maximum atomic E-state index is 10.4. The average Bonchev–Trinajstić information content (AvgIpc) is 2.58. The zero-order valence-corrected chi connectivity index (χ0v) is 8.93. The van der Waals surface area contributed by atoms with Crippen LogP contribution < -0.4 is 0 Å². The number of carboxylic acids is 1. The quantitative estimate of drug-likeness (QED) is 0.748. The molecule has 0 aliphatic carbocycles. The molecule has 6 heteroatoms. The van der Waals surface area contributed by atoms with Gasteiger partial charge in [0, 0.05) is 13.1 Å². The number of aryl methyl sites for hydroxylation is 1. The second-order valence-corrected chi connectivity index (χ2v) is 3.31. The zero-order chi connectivity index (χ0) is 11.3. The highest BCUT2D eigenvalue weighted by molar-refractivity contribution is 5.66. The second kappa shape index (κ2) is 5.45. The molecule has 0 unspecified atom stereocenters. The molecule has 1 heterocycles. The van der Waals surface area contributed by atoms with Crippen molar-refractivity contribution in [1.29, 1.82) is 0 Å². The summed E-state index contributed by atoms with van der Waals surface area (Å²) < 4.78 is 4.57. The topological polar surface area (TPSA) is 79.5 Å². The molecule has 0 saturated carbocycles. The molecule has 0 spiro atoms. The Kier molecular flexibility index (Phi) is 4.23. The van der Waals surface area contributed by atoms with Crippen molar-refractivity contribution >= 4 is 5.97 Å². The van der Waals surface area contributed by atoms with E-state index < -0.39 is 5.97 Å². The van der Waals surface area contributed by atoms with Crippen LogP contribution in [0.2, 0.25) is 0 Å². The van der Waals surface area contributed by atoms with E-state index in [1.807, 2.05) is 18.7 Å². The third kappa shape index (κ3) is 3.67. The molecule has 0 bridgehead atoms. The van der Waals surface area contributed by atoms with Crippen LogP contribution in [0.1, 0.15) is 24.7 Å². The Morgan fingerprint density at radius 3 is 2.73 bits per heavy atom. The first-order valence-electron chi connectivity index (χ1n) is 4.85. The molecule has 0 saturated heterocycles. The van der Waals surface area contributed by atoms with E-state index >= 15 is 0 Å². The molecule has 1 rings (SSSR count). The van der Waals surface area contributed by atoms with E-state index in [1.165, 1.54) is 0 Å². The van der Waals surface area contributed by atoms with Crippen molar-refractivity contribution in [3.63, 3.8) is 0 Å². The monoisotopic (exact) mass is 213 g/mol. The van der Waals surface area contributed by atoms with Gasteiger partial charge in [-0.05, 0) is 13.5 Å². The van der Waals surface area contributed by atoms with E-state index in [0.29, 0.717) is 13.1 Å². The van der Waals surface area contributed by atoms with Crippen molar-refractivity contribution < 1.29 is 14.5 Å². The number of hydrogen-bond acceptors (Lipinski definition) is 5. The predicted octanol–water partition coefficient (Wildman–Crippen LogP) is 0.675. The van der Waals surface area contributed by atoms with Crippen LogP contribution in [0.15, 0.2) is 4.63 Å². The van der Waals surface area contributed by atoms with E-state index in [2.05, 4.69) is 14.9 Å². The van der Waals surface area contributed by atoms with Crippen molar-refractivity contribution in [3.8, 4) is 0 Å². The fourth-order valence-electron chi connectivity index (χ4n) is 1.21. The Balaban J connectivity index is 2.47. The zero-order valence-electron chi connectivity index (χ0n) is 8.93. The average molecular weight is 213 g/mol. The van der Waals surface area contributed by atoms with E-state index in [4.69, 9.17) is 5.11 Å². The fourth-order valence-corrected chi connectivity index (χ4v) is 1.21. The molecule has 84 valence electrons. The first-order valence-corrected chi connectivity index (χ1v) is 4.85. The number of rotatable bonds is 6. The van der Waals surface area contributed by atoms with Crippen LogP contribution in [0.3, 0.4) is 0 Å². The lowest BCUT2D eigenvalue weighted by Crippen LogP contribution is -2.26. The second-order valence-electron chi connectivity index (χ2n) is 3.31. The number of aromatic nitrogens is 2. The van der Waals surface area contributed by atoms with Crippen LogP contribution in [-0.2, 0) is 11.3 Å². The molecule has 0 aliphatic rings. The standard InChI is InChI=1S/C9H15N3O3/c1-3-12(5-4-9(13)14)6-8-7(2)10-15-11-8/h3-6H2,1-2H3,(H,13,14). The molecule has 1 N–H and O–H groups in total. The van der Waals surface area contributed by atoms with Crippen LogP contribution in [0, 0.1) is 6.92 Å². The highest BCUT2D eigenvalue weighted by Gasteiger charge is 2.11. The van der Waals surface area contributed by atoms with Gasteiger partial charge in [-0.15, -0.1) is 0 Å². The van der Waals surface area contributed by atoms with Crippen molar-refractivity contribution in [2.45, 2.75) is 26.8 Å². The lowest BCUT2D eigenvalue weighted by Gasteiger charge is -2.17. The van der Waals surface area contributed by atoms with E-state index in [-0.39, 0.29) is 6.42 Å². The molecule has 0 amide bonds. The number of hydrogen-bond donors (Lipinski definition) is 1. The SMILES string of the molecule is CCN(CCC(=O)O)Cc1nonc1C. The maximum Gasteiger partial charge on any atom is 0.304 e. The predicted molar refractivity (Wildman–Crippen MR) is 52.2 cm³/mol. The molecule has 0 aromatic carbocycles. The third-order valence-corrected chi connectivity index (χ3v) is 2.21. The fraction of sp³-hybridized carbons (Fsp3) is 0.667. The van der Waals surface area contributed by atoms with E-state index in [1.54, 1.807) is 0 Å². The van der Waals surface area contributed by atoms with Gasteiger partial charge in [0.05, 0.1) is 6.42 Å². The summed E-state index contributed by atoms with van der Waals surface area (Å²) in [4.78, 5) is 12.4. The number of nitrogens with zero attached hydrogens (tertiary/aromatic N) is 3. The summed E-state index contributed by atoms with van der Waals surface area (Å²) >= 11 is 0. The molecule has 15 heavy (non-hydrogen) atoms. The van der Waals surface area contributed by atoms with Gasteiger partial charge in [-0.2, -0.15) is 0 Å². The van der Waals surface area contributed by atoms with Crippen LogP contribution in [0.25, 0.3) is 0 Å². The summed E-state index contributed by atoms with van der Waals surface area (Å²) in [6.45, 7) is 5.67. The number of carboxylic acid groups (broad SMARTS) is 1. The van der Waals surface area contributed by atoms with Crippen LogP contribution >= 0.6 is 0 Å². The van der Waals surface area contributed by atoms with Crippen LogP contribution in [-0.4, -0.2) is 39.4 Å². The van der Waals surface area contributed by atoms with Crippen molar-refractivity contribution in [2.75, 3.05) is 13.1 Å². The largest absolute Gasteiger partial charge is 0.481 e. The minimum absolute atomic E-state index is 0.137. The minimum atomic E-state index is -0.788. The molecule has 6 nitrogen and oxygen atoms in total. The number of aliphatic carboxylic acids is 1. The van der Waals surface area contributed by atoms with Gasteiger partial charge in [0.2, 0.25) is 0 Å². The van der Waals surface area contributed by atoms with Gasteiger partial charge < -0.3 is 5.11 Å². The summed E-state index contributed by atoms with van der Waals surface area (Å²) in [6.07, 6.45) is 0.137. The van der Waals surface area contributed by atoms with Gasteiger partial charge in [-0.1, -0.05) is 17.2 Å². The maximum absolute atomic E-state index is 10.4. The Morgan fingerprint density at radius 2 is 2.27 bits per heavy atom. The minimum Gasteiger partial charge on any atom is -0.481 e. The van der Waals surface area contributed by atoms with Gasteiger partial charge in [-0.25, -0.2) is 4.63 Å². The molecular formula is C9H15N3O3. The van der Waals surface area contributed by atoms with Crippen LogP contribution in [0.5, 0.6) is 0 Å². The van der Waals surface area contributed by atoms with Gasteiger partial charge in [0.25, 0.3) is 0 Å². The Labute approximate surface area is 87.8 Å². The third-order valence-electron chi connectivity index (χ3n) is 2.21. The Bertz CT molecular complexity index is 324. The molecule has 0 fully saturated rings. The number of carbonyl (C=O) groups is 1. The highest BCUT2D eigenvalue weighted by Crippen LogP contribution is 2.05. The van der Waals surface area contributed by atoms with Crippen molar-refractivity contribution in [1.82, 2.24) is 15.2 Å². The summed E-state index contributed by atoms with van der Waals surface area (Å²) in [5.74, 6) is -0.788. The summed E-state index contributed by atoms with van der Waals surface area (Å²) in [7, 11) is 0. The lowest BCUT2D eigenvalue weighted by atomic mass is 10.3. The normalized spacial score (nSPS) is 10.9. The lowest BCUT2D eigenvalue weighted by molar-refractivity contribution is -0.137. The van der Waals surface area contributed by atoms with E-state index in [0.717, 1.165) is 17.9 Å². The molecule has 1 aromatic rings. The molecule has 0 atom stereocenters. The van der Waals surface area contributed by atoms with Crippen LogP contribution in [0.4, 0.5) is 0 Å². The van der Waals surface area contributed by atoms with Gasteiger partial charge in [-0.3, -0.25) is 9.69 Å². The smallest absolute Gasteiger partial charge is 0.304 e. The first kappa shape index (κ1) is 11.6. The van der Waals surface area contributed by atoms with Crippen molar-refractivity contribution in [3.05, 3.63) is 11.4 Å². The highest BCUT2D eigenvalue weighted by atomic mass is 16.6.